The minimum absolute atomic E-state index is 0.0854. The van der Waals surface area contributed by atoms with Crippen LogP contribution in [0, 0.1) is 0 Å². The smallest absolute Gasteiger partial charge is 0.263 e. The van der Waals surface area contributed by atoms with Gasteiger partial charge >= 0.3 is 0 Å². The highest BCUT2D eigenvalue weighted by Gasteiger charge is 2.21. The van der Waals surface area contributed by atoms with E-state index in [2.05, 4.69) is 6.58 Å². The van der Waals surface area contributed by atoms with Crippen molar-refractivity contribution in [2.24, 2.45) is 0 Å². The number of allylic oxidation sites excluding steroid dienone is 1. The normalized spacial score (nSPS) is 11.7. The number of aryl methyl sites for hydroxylation is 1. The average molecular weight is 314 g/mol. The van der Waals surface area contributed by atoms with Crippen molar-refractivity contribution in [2.75, 3.05) is 6.61 Å². The maximum atomic E-state index is 11.8. The second-order valence-corrected chi connectivity index (χ2v) is 6.82. The van der Waals surface area contributed by atoms with E-state index in [1.807, 2.05) is 23.6 Å². The van der Waals surface area contributed by atoms with Gasteiger partial charge in [0.25, 0.3) is 9.05 Å². The lowest BCUT2D eigenvalue weighted by Crippen LogP contribution is -1.95. The molecule has 0 aliphatic rings. The van der Waals surface area contributed by atoms with Crippen molar-refractivity contribution in [1.29, 1.82) is 0 Å². The molecule has 1 heterocycles. The Morgan fingerprint density at radius 2 is 2.20 bits per heavy atom. The first-order chi connectivity index (χ1) is 9.49. The highest BCUT2D eigenvalue weighted by Crippen LogP contribution is 2.35. The Kier molecular flexibility index (Phi) is 4.40. The lowest BCUT2D eigenvalue weighted by Gasteiger charge is -2.07. The van der Waals surface area contributed by atoms with E-state index in [-0.39, 0.29) is 4.90 Å². The number of nitrogens with zero attached hydrogens (tertiary/aromatic N) is 1. The summed E-state index contributed by atoms with van der Waals surface area (Å²) in [5.41, 5.74) is 0.789. The number of halogens is 1. The van der Waals surface area contributed by atoms with Crippen molar-refractivity contribution in [2.45, 2.75) is 24.8 Å². The molecule has 0 saturated carbocycles. The Morgan fingerprint density at radius 3 is 2.80 bits per heavy atom. The lowest BCUT2D eigenvalue weighted by atomic mass is 10.2. The molecule has 0 atom stereocenters. The first-order valence-corrected chi connectivity index (χ1v) is 8.60. The van der Waals surface area contributed by atoms with E-state index in [0.29, 0.717) is 24.3 Å². The third-order valence-corrected chi connectivity index (χ3v) is 4.30. The van der Waals surface area contributed by atoms with E-state index in [0.717, 1.165) is 11.9 Å². The average Bonchev–Trinajstić information content (AvgIpc) is 2.76. The molecule has 0 fully saturated rings. The Bertz CT molecular complexity index is 734. The zero-order valence-electron chi connectivity index (χ0n) is 11.2. The Labute approximate surface area is 123 Å². The number of aromatic nitrogens is 1. The SMILES string of the molecule is C=CCCn1cc(S(=O)(=O)Cl)c2c(OCC)cccc21. The molecule has 2 aromatic rings. The number of rotatable bonds is 6. The van der Waals surface area contributed by atoms with Gasteiger partial charge in [0.1, 0.15) is 10.6 Å². The van der Waals surface area contributed by atoms with Crippen LogP contribution in [0.25, 0.3) is 10.9 Å². The molecular weight excluding hydrogens is 298 g/mol. The lowest BCUT2D eigenvalue weighted by molar-refractivity contribution is 0.344. The van der Waals surface area contributed by atoms with Crippen molar-refractivity contribution >= 4 is 30.6 Å². The van der Waals surface area contributed by atoms with E-state index in [1.165, 1.54) is 0 Å². The van der Waals surface area contributed by atoms with Gasteiger partial charge in [0.05, 0.1) is 17.5 Å². The van der Waals surface area contributed by atoms with Gasteiger partial charge in [-0.3, -0.25) is 0 Å². The summed E-state index contributed by atoms with van der Waals surface area (Å²) in [4.78, 5) is 0.0854. The van der Waals surface area contributed by atoms with E-state index >= 15 is 0 Å². The summed E-state index contributed by atoms with van der Waals surface area (Å²) in [6, 6.07) is 5.43. The predicted octanol–water partition coefficient (Wildman–Crippen LogP) is 3.54. The van der Waals surface area contributed by atoms with Gasteiger partial charge in [-0.2, -0.15) is 0 Å². The van der Waals surface area contributed by atoms with Crippen LogP contribution < -0.4 is 4.74 Å². The van der Waals surface area contributed by atoms with Gasteiger partial charge in [-0.25, -0.2) is 8.42 Å². The van der Waals surface area contributed by atoms with Crippen molar-refractivity contribution in [3.8, 4) is 5.75 Å². The molecule has 0 unspecified atom stereocenters. The molecule has 0 saturated heterocycles. The summed E-state index contributed by atoms with van der Waals surface area (Å²) < 4.78 is 30.9. The molecular formula is C14H16ClNO3S. The molecule has 0 N–H and O–H groups in total. The fourth-order valence-electron chi connectivity index (χ4n) is 2.16. The molecule has 20 heavy (non-hydrogen) atoms. The van der Waals surface area contributed by atoms with Crippen molar-refractivity contribution in [3.63, 3.8) is 0 Å². The molecule has 0 bridgehead atoms. The molecule has 0 amide bonds. The number of hydrogen-bond acceptors (Lipinski definition) is 3. The van der Waals surface area contributed by atoms with Crippen LogP contribution in [0.15, 0.2) is 41.9 Å². The van der Waals surface area contributed by atoms with E-state index in [4.69, 9.17) is 15.4 Å². The zero-order valence-corrected chi connectivity index (χ0v) is 12.7. The van der Waals surface area contributed by atoms with Gasteiger partial charge in [0.15, 0.2) is 0 Å². The quantitative estimate of drug-likeness (QED) is 0.605. The standard InChI is InChI=1S/C14H16ClNO3S/c1-3-5-9-16-10-13(20(15,17)18)14-11(16)7-6-8-12(14)19-4-2/h3,6-8,10H,1,4-5,9H2,2H3. The molecule has 4 nitrogen and oxygen atoms in total. The van der Waals surface area contributed by atoms with Gasteiger partial charge < -0.3 is 9.30 Å². The van der Waals surface area contributed by atoms with Crippen LogP contribution in [0.5, 0.6) is 5.75 Å². The largest absolute Gasteiger partial charge is 0.493 e. The molecule has 1 aromatic carbocycles. The Morgan fingerprint density at radius 1 is 1.45 bits per heavy atom. The molecule has 2 rings (SSSR count). The fraction of sp³-hybridized carbons (Fsp3) is 0.286. The van der Waals surface area contributed by atoms with Gasteiger partial charge in [-0.05, 0) is 25.5 Å². The molecule has 6 heteroatoms. The third-order valence-electron chi connectivity index (χ3n) is 2.97. The second kappa shape index (κ2) is 5.89. The topological polar surface area (TPSA) is 48.3 Å². The highest BCUT2D eigenvalue weighted by molar-refractivity contribution is 8.14. The van der Waals surface area contributed by atoms with E-state index in [9.17, 15) is 8.42 Å². The predicted molar refractivity (Wildman–Crippen MR) is 81.0 cm³/mol. The minimum atomic E-state index is -3.83. The van der Waals surface area contributed by atoms with Crippen molar-refractivity contribution in [3.05, 3.63) is 37.1 Å². The zero-order chi connectivity index (χ0) is 14.8. The Hall–Kier alpha value is -1.46. The summed E-state index contributed by atoms with van der Waals surface area (Å²) in [5.74, 6) is 0.529. The number of benzene rings is 1. The second-order valence-electron chi connectivity index (χ2n) is 4.29. The van der Waals surface area contributed by atoms with Gasteiger partial charge in [-0.15, -0.1) is 6.58 Å². The summed E-state index contributed by atoms with van der Waals surface area (Å²) in [6.07, 6.45) is 4.08. The number of ether oxygens (including phenoxy) is 1. The maximum Gasteiger partial charge on any atom is 0.263 e. The van der Waals surface area contributed by atoms with Gasteiger partial charge in [0.2, 0.25) is 0 Å². The van der Waals surface area contributed by atoms with Crippen LogP contribution in [0.4, 0.5) is 0 Å². The molecule has 0 aliphatic heterocycles. The van der Waals surface area contributed by atoms with Crippen LogP contribution in [0.2, 0.25) is 0 Å². The van der Waals surface area contributed by atoms with Crippen LogP contribution in [-0.2, 0) is 15.6 Å². The molecule has 0 spiro atoms. The highest BCUT2D eigenvalue weighted by atomic mass is 35.7. The third kappa shape index (κ3) is 2.83. The molecule has 0 aliphatic carbocycles. The number of fused-ring (bicyclic) bond motifs is 1. The Balaban J connectivity index is 2.73. The summed E-state index contributed by atoms with van der Waals surface area (Å²) in [6.45, 7) is 6.62. The minimum Gasteiger partial charge on any atom is -0.493 e. The molecule has 1 aromatic heterocycles. The molecule has 108 valence electrons. The monoisotopic (exact) mass is 313 g/mol. The van der Waals surface area contributed by atoms with Crippen LogP contribution in [0.1, 0.15) is 13.3 Å². The van der Waals surface area contributed by atoms with E-state index < -0.39 is 9.05 Å². The summed E-state index contributed by atoms with van der Waals surface area (Å²) >= 11 is 0. The fourth-order valence-corrected chi connectivity index (χ4v) is 3.21. The maximum absolute atomic E-state index is 11.8. The van der Waals surface area contributed by atoms with Crippen molar-refractivity contribution < 1.29 is 13.2 Å². The summed E-state index contributed by atoms with van der Waals surface area (Å²) in [5, 5.41) is 0.536. The first kappa shape index (κ1) is 14.9. The summed E-state index contributed by atoms with van der Waals surface area (Å²) in [7, 11) is 1.71. The first-order valence-electron chi connectivity index (χ1n) is 6.29. The van der Waals surface area contributed by atoms with Gasteiger partial charge in [-0.1, -0.05) is 12.1 Å². The molecule has 0 radical (unpaired) electrons. The van der Waals surface area contributed by atoms with E-state index in [1.54, 1.807) is 18.3 Å². The van der Waals surface area contributed by atoms with Crippen LogP contribution in [-0.4, -0.2) is 19.6 Å². The van der Waals surface area contributed by atoms with Gasteiger partial charge in [0, 0.05) is 23.4 Å². The van der Waals surface area contributed by atoms with Crippen LogP contribution >= 0.6 is 10.7 Å². The number of hydrogen-bond donors (Lipinski definition) is 0. The van der Waals surface area contributed by atoms with Crippen LogP contribution in [0.3, 0.4) is 0 Å². The van der Waals surface area contributed by atoms with Crippen molar-refractivity contribution in [1.82, 2.24) is 4.57 Å².